The Morgan fingerprint density at radius 3 is 2.08 bits per heavy atom. The lowest BCUT2D eigenvalue weighted by atomic mass is 10.2. The van der Waals surface area contributed by atoms with Gasteiger partial charge in [0.1, 0.15) is 4.60 Å². The first kappa shape index (κ1) is 17.7. The van der Waals surface area contributed by atoms with Gasteiger partial charge in [-0.05, 0) is 65.3 Å². The quantitative estimate of drug-likeness (QED) is 0.457. The van der Waals surface area contributed by atoms with E-state index in [2.05, 4.69) is 33.2 Å². The first-order valence-electron chi connectivity index (χ1n) is 8.53. The van der Waals surface area contributed by atoms with Gasteiger partial charge in [-0.15, -0.1) is 0 Å². The average Bonchev–Trinajstić information content (AvgIpc) is 2.66. The van der Waals surface area contributed by atoms with Crippen molar-refractivity contribution in [3.63, 3.8) is 0 Å². The van der Waals surface area contributed by atoms with Gasteiger partial charge in [0, 0.05) is 6.54 Å². The zero-order chi connectivity index (χ0) is 17.5. The van der Waals surface area contributed by atoms with Gasteiger partial charge in [0.15, 0.2) is 0 Å². The molecular weight excluding hydrogens is 376 g/mol. The summed E-state index contributed by atoms with van der Waals surface area (Å²) in [4.78, 5) is 14.0. The van der Waals surface area contributed by atoms with Crippen LogP contribution in [0.1, 0.15) is 25.5 Å². The Labute approximate surface area is 156 Å². The van der Waals surface area contributed by atoms with Crippen molar-refractivity contribution < 1.29 is 0 Å². The summed E-state index contributed by atoms with van der Waals surface area (Å²) in [7, 11) is 0. The normalized spacial score (nSPS) is 10.8. The van der Waals surface area contributed by atoms with Crippen molar-refractivity contribution in [1.29, 1.82) is 0 Å². The van der Waals surface area contributed by atoms with Crippen molar-refractivity contribution in [1.82, 2.24) is 20.3 Å². The molecule has 0 saturated heterocycles. The fraction of sp³-hybridized carbons (Fsp3) is 0.250. The third-order valence-corrected chi connectivity index (χ3v) is 4.25. The summed E-state index contributed by atoms with van der Waals surface area (Å²) in [5.41, 5.74) is 4.45. The van der Waals surface area contributed by atoms with Gasteiger partial charge in [-0.1, -0.05) is 31.5 Å². The molecule has 4 nitrogen and oxygen atoms in total. The summed E-state index contributed by atoms with van der Waals surface area (Å²) >= 11 is 3.41. The maximum atomic E-state index is 4.74. The van der Waals surface area contributed by atoms with Crippen molar-refractivity contribution in [2.75, 3.05) is 6.54 Å². The van der Waals surface area contributed by atoms with Gasteiger partial charge in [0.05, 0.1) is 28.5 Å². The van der Waals surface area contributed by atoms with Crippen LogP contribution in [0.4, 0.5) is 0 Å². The number of hydrogen-bond donors (Lipinski definition) is 1. The molecule has 1 N–H and O–H groups in total. The van der Waals surface area contributed by atoms with E-state index in [1.54, 1.807) is 0 Å². The van der Waals surface area contributed by atoms with Gasteiger partial charge in [-0.2, -0.15) is 0 Å². The Morgan fingerprint density at radius 1 is 0.800 bits per heavy atom. The van der Waals surface area contributed by atoms with E-state index in [-0.39, 0.29) is 0 Å². The van der Waals surface area contributed by atoms with Crippen LogP contribution >= 0.6 is 15.9 Å². The van der Waals surface area contributed by atoms with Crippen LogP contribution in [-0.2, 0) is 6.54 Å². The highest BCUT2D eigenvalue weighted by Gasteiger charge is 2.07. The third-order valence-electron chi connectivity index (χ3n) is 3.81. The molecule has 0 amide bonds. The molecule has 3 aromatic rings. The largest absolute Gasteiger partial charge is 0.311 e. The zero-order valence-electron chi connectivity index (χ0n) is 14.2. The highest BCUT2D eigenvalue weighted by atomic mass is 79.9. The molecule has 3 aromatic heterocycles. The third kappa shape index (κ3) is 4.94. The van der Waals surface area contributed by atoms with Crippen LogP contribution in [0.3, 0.4) is 0 Å². The second-order valence-corrected chi connectivity index (χ2v) is 6.61. The van der Waals surface area contributed by atoms with Crippen LogP contribution in [0.2, 0.25) is 0 Å². The number of hydrogen-bond acceptors (Lipinski definition) is 4. The molecule has 0 aliphatic carbocycles. The highest BCUT2D eigenvalue weighted by Crippen LogP contribution is 2.21. The number of unbranched alkanes of at least 4 members (excludes halogenated alkanes) is 1. The van der Waals surface area contributed by atoms with Crippen LogP contribution in [0.25, 0.3) is 22.8 Å². The molecule has 0 unspecified atom stereocenters. The van der Waals surface area contributed by atoms with Crippen molar-refractivity contribution in [2.24, 2.45) is 0 Å². The van der Waals surface area contributed by atoms with Crippen LogP contribution in [0.5, 0.6) is 0 Å². The monoisotopic (exact) mass is 396 g/mol. The average molecular weight is 397 g/mol. The van der Waals surface area contributed by atoms with Gasteiger partial charge in [0.25, 0.3) is 0 Å². The molecule has 0 spiro atoms. The molecule has 3 heterocycles. The second kappa shape index (κ2) is 8.83. The molecule has 5 heteroatoms. The minimum atomic E-state index is 0.778. The minimum Gasteiger partial charge on any atom is -0.311 e. The fourth-order valence-corrected chi connectivity index (χ4v) is 2.85. The summed E-state index contributed by atoms with van der Waals surface area (Å²) < 4.78 is 0.801. The maximum absolute atomic E-state index is 4.74. The lowest BCUT2D eigenvalue weighted by Crippen LogP contribution is -2.15. The number of nitrogens with zero attached hydrogens (tertiary/aromatic N) is 3. The lowest BCUT2D eigenvalue weighted by molar-refractivity contribution is 0.633. The smallest absolute Gasteiger partial charge is 0.106 e. The number of pyridine rings is 3. The van der Waals surface area contributed by atoms with Crippen molar-refractivity contribution in [3.8, 4) is 22.8 Å². The summed E-state index contributed by atoms with van der Waals surface area (Å²) in [5, 5.41) is 3.43. The Hall–Kier alpha value is -2.11. The standard InChI is InChI=1S/C20H21BrN4/c1-2-3-13-22-14-15-7-4-8-16(23-15)17-9-5-10-18(24-17)19-11-6-12-20(21)25-19/h4-12,22H,2-3,13-14H2,1H3. The van der Waals surface area contributed by atoms with Gasteiger partial charge >= 0.3 is 0 Å². The Kier molecular flexibility index (Phi) is 6.25. The molecule has 0 radical (unpaired) electrons. The molecule has 0 fully saturated rings. The first-order valence-corrected chi connectivity index (χ1v) is 9.32. The summed E-state index contributed by atoms with van der Waals surface area (Å²) in [5.74, 6) is 0. The van der Waals surface area contributed by atoms with E-state index in [1.165, 1.54) is 12.8 Å². The molecule has 25 heavy (non-hydrogen) atoms. The van der Waals surface area contributed by atoms with Gasteiger partial charge in [-0.25, -0.2) is 15.0 Å². The van der Waals surface area contributed by atoms with E-state index in [9.17, 15) is 0 Å². The van der Waals surface area contributed by atoms with Crippen LogP contribution < -0.4 is 5.32 Å². The molecule has 0 saturated carbocycles. The summed E-state index contributed by atoms with van der Waals surface area (Å²) in [6, 6.07) is 17.8. The van der Waals surface area contributed by atoms with Crippen molar-refractivity contribution >= 4 is 15.9 Å². The molecule has 0 aliphatic rings. The first-order chi connectivity index (χ1) is 12.3. The van der Waals surface area contributed by atoms with Crippen LogP contribution in [0.15, 0.2) is 59.2 Å². The van der Waals surface area contributed by atoms with Crippen LogP contribution in [0, 0.1) is 0 Å². The Bertz CT molecular complexity index is 835. The number of rotatable bonds is 7. The minimum absolute atomic E-state index is 0.778. The van der Waals surface area contributed by atoms with E-state index in [0.29, 0.717) is 0 Å². The zero-order valence-corrected chi connectivity index (χ0v) is 15.8. The van der Waals surface area contributed by atoms with E-state index in [0.717, 1.165) is 46.2 Å². The van der Waals surface area contributed by atoms with Gasteiger partial charge < -0.3 is 5.32 Å². The topological polar surface area (TPSA) is 50.7 Å². The molecular formula is C20H21BrN4. The maximum Gasteiger partial charge on any atom is 0.106 e. The molecule has 0 aromatic carbocycles. The Balaban J connectivity index is 1.81. The van der Waals surface area contributed by atoms with E-state index >= 15 is 0 Å². The SMILES string of the molecule is CCCCNCc1cccc(-c2cccc(-c3cccc(Br)n3)n2)n1. The predicted octanol–water partition coefficient (Wildman–Crippen LogP) is 4.86. The van der Waals surface area contributed by atoms with Crippen molar-refractivity contribution in [3.05, 3.63) is 64.9 Å². The lowest BCUT2D eigenvalue weighted by Gasteiger charge is -2.07. The van der Waals surface area contributed by atoms with Gasteiger partial charge in [-0.3, -0.25) is 0 Å². The molecule has 0 atom stereocenters. The summed E-state index contributed by atoms with van der Waals surface area (Å²) in [6.45, 7) is 3.99. The van der Waals surface area contributed by atoms with Crippen molar-refractivity contribution in [2.45, 2.75) is 26.3 Å². The predicted molar refractivity (Wildman–Crippen MR) is 105 cm³/mol. The van der Waals surface area contributed by atoms with Crippen LogP contribution in [-0.4, -0.2) is 21.5 Å². The fourth-order valence-electron chi connectivity index (χ4n) is 2.51. The van der Waals surface area contributed by atoms with E-state index < -0.39 is 0 Å². The molecule has 0 bridgehead atoms. The number of aromatic nitrogens is 3. The number of nitrogens with one attached hydrogen (secondary N) is 1. The second-order valence-electron chi connectivity index (χ2n) is 5.80. The Morgan fingerprint density at radius 2 is 1.40 bits per heavy atom. The summed E-state index contributed by atoms with van der Waals surface area (Å²) in [6.07, 6.45) is 2.38. The highest BCUT2D eigenvalue weighted by molar-refractivity contribution is 9.10. The van der Waals surface area contributed by atoms with Gasteiger partial charge in [0.2, 0.25) is 0 Å². The molecule has 0 aliphatic heterocycles. The molecule has 3 rings (SSSR count). The number of halogens is 1. The van der Waals surface area contributed by atoms with E-state index in [4.69, 9.17) is 9.97 Å². The van der Waals surface area contributed by atoms with E-state index in [1.807, 2.05) is 54.6 Å². The molecule has 128 valence electrons.